The molecule has 3 amide bonds. The SMILES string of the molecule is CC[C@H](C)N1CC2=C(C1=O)[C@H](c1ccccc1C(F)(F)F)NC(=O)N2C. The van der Waals surface area contributed by atoms with Crippen LogP contribution in [0.25, 0.3) is 0 Å². The molecule has 0 bridgehead atoms. The molecule has 3 rings (SSSR count). The summed E-state index contributed by atoms with van der Waals surface area (Å²) < 4.78 is 40.3. The number of hydrogen-bond acceptors (Lipinski definition) is 2. The number of alkyl halides is 3. The highest BCUT2D eigenvalue weighted by Crippen LogP contribution is 2.41. The third kappa shape index (κ3) is 2.83. The fraction of sp³-hybridized carbons (Fsp3) is 0.444. The third-order valence-electron chi connectivity index (χ3n) is 5.09. The van der Waals surface area contributed by atoms with E-state index in [9.17, 15) is 22.8 Å². The maximum Gasteiger partial charge on any atom is 0.416 e. The van der Waals surface area contributed by atoms with Gasteiger partial charge in [0.05, 0.1) is 29.4 Å². The van der Waals surface area contributed by atoms with Gasteiger partial charge in [0.15, 0.2) is 0 Å². The van der Waals surface area contributed by atoms with E-state index in [4.69, 9.17) is 0 Å². The van der Waals surface area contributed by atoms with Gasteiger partial charge in [-0.3, -0.25) is 9.69 Å². The molecule has 1 N–H and O–H groups in total. The molecular weight excluding hydrogens is 347 g/mol. The molecule has 0 fully saturated rings. The van der Waals surface area contributed by atoms with Gasteiger partial charge < -0.3 is 10.2 Å². The van der Waals surface area contributed by atoms with Crippen LogP contribution in [0.3, 0.4) is 0 Å². The molecule has 0 saturated carbocycles. The van der Waals surface area contributed by atoms with Crippen LogP contribution < -0.4 is 5.32 Å². The van der Waals surface area contributed by atoms with Crippen LogP contribution in [-0.2, 0) is 11.0 Å². The lowest BCUT2D eigenvalue weighted by Crippen LogP contribution is -2.45. The lowest BCUT2D eigenvalue weighted by atomic mass is 9.91. The van der Waals surface area contributed by atoms with Crippen molar-refractivity contribution >= 4 is 11.9 Å². The zero-order valence-electron chi connectivity index (χ0n) is 14.7. The molecule has 8 heteroatoms. The van der Waals surface area contributed by atoms with E-state index in [1.165, 1.54) is 30.1 Å². The first-order valence-electron chi connectivity index (χ1n) is 8.41. The summed E-state index contributed by atoms with van der Waals surface area (Å²) in [5.41, 5.74) is -0.296. The second kappa shape index (κ2) is 6.34. The van der Waals surface area contributed by atoms with Gasteiger partial charge in [0, 0.05) is 13.1 Å². The highest BCUT2D eigenvalue weighted by molar-refractivity contribution is 6.01. The number of benzene rings is 1. The van der Waals surface area contributed by atoms with Crippen LogP contribution >= 0.6 is 0 Å². The first kappa shape index (κ1) is 18.3. The standard InChI is InChI=1S/C18H20F3N3O2/c1-4-10(2)24-9-13-14(16(24)25)15(22-17(26)23(13)3)11-7-5-6-8-12(11)18(19,20)21/h5-8,10,15H,4,9H2,1-3H3,(H,22,26)/t10-,15-/m0/s1. The Hall–Kier alpha value is -2.51. The van der Waals surface area contributed by atoms with Crippen molar-refractivity contribution in [3.63, 3.8) is 0 Å². The Balaban J connectivity index is 2.12. The zero-order chi connectivity index (χ0) is 19.2. The third-order valence-corrected chi connectivity index (χ3v) is 5.09. The van der Waals surface area contributed by atoms with Crippen LogP contribution in [-0.4, -0.2) is 41.4 Å². The van der Waals surface area contributed by atoms with Crippen LogP contribution in [0.2, 0.25) is 0 Å². The van der Waals surface area contributed by atoms with Crippen molar-refractivity contribution in [3.05, 3.63) is 46.7 Å². The van der Waals surface area contributed by atoms with Crippen molar-refractivity contribution < 1.29 is 22.8 Å². The van der Waals surface area contributed by atoms with Crippen LogP contribution in [0.4, 0.5) is 18.0 Å². The average molecular weight is 367 g/mol. The molecule has 0 unspecified atom stereocenters. The monoisotopic (exact) mass is 367 g/mol. The molecule has 2 aliphatic rings. The Morgan fingerprint density at radius 1 is 1.27 bits per heavy atom. The van der Waals surface area contributed by atoms with E-state index < -0.39 is 23.8 Å². The van der Waals surface area contributed by atoms with Gasteiger partial charge in [-0.1, -0.05) is 25.1 Å². The minimum Gasteiger partial charge on any atom is -0.330 e. The van der Waals surface area contributed by atoms with Gasteiger partial charge in [-0.2, -0.15) is 13.2 Å². The van der Waals surface area contributed by atoms with Gasteiger partial charge in [0.1, 0.15) is 0 Å². The minimum absolute atomic E-state index is 0.0740. The maximum absolute atomic E-state index is 13.4. The summed E-state index contributed by atoms with van der Waals surface area (Å²) in [6.45, 7) is 4.03. The van der Waals surface area contributed by atoms with Crippen molar-refractivity contribution in [2.75, 3.05) is 13.6 Å². The number of halogens is 3. The molecule has 0 aliphatic carbocycles. The Bertz CT molecular complexity index is 788. The van der Waals surface area contributed by atoms with E-state index in [0.29, 0.717) is 12.1 Å². The predicted molar refractivity (Wildman–Crippen MR) is 89.0 cm³/mol. The molecule has 2 heterocycles. The lowest BCUT2D eigenvalue weighted by Gasteiger charge is -2.32. The maximum atomic E-state index is 13.4. The minimum atomic E-state index is -4.58. The molecular formula is C18H20F3N3O2. The quantitative estimate of drug-likeness (QED) is 0.891. The van der Waals surface area contributed by atoms with Crippen molar-refractivity contribution in [3.8, 4) is 0 Å². The Morgan fingerprint density at radius 2 is 1.92 bits per heavy atom. The van der Waals surface area contributed by atoms with E-state index in [0.717, 1.165) is 6.07 Å². The van der Waals surface area contributed by atoms with Crippen molar-refractivity contribution in [1.82, 2.24) is 15.1 Å². The van der Waals surface area contributed by atoms with Crippen molar-refractivity contribution in [2.45, 2.75) is 38.5 Å². The van der Waals surface area contributed by atoms with Crippen LogP contribution in [0.1, 0.15) is 37.4 Å². The molecule has 5 nitrogen and oxygen atoms in total. The summed E-state index contributed by atoms with van der Waals surface area (Å²) in [5, 5.41) is 2.56. The largest absolute Gasteiger partial charge is 0.416 e. The zero-order valence-corrected chi connectivity index (χ0v) is 14.7. The number of hydrogen-bond donors (Lipinski definition) is 1. The molecule has 140 valence electrons. The Labute approximate surface area is 149 Å². The second-order valence-corrected chi connectivity index (χ2v) is 6.58. The van der Waals surface area contributed by atoms with Gasteiger partial charge in [0.25, 0.3) is 5.91 Å². The molecule has 2 atom stereocenters. The molecule has 1 aromatic rings. The van der Waals surface area contributed by atoms with E-state index in [1.807, 2.05) is 13.8 Å². The van der Waals surface area contributed by atoms with Gasteiger partial charge in [-0.25, -0.2) is 4.79 Å². The fourth-order valence-corrected chi connectivity index (χ4v) is 3.40. The van der Waals surface area contributed by atoms with E-state index in [2.05, 4.69) is 5.32 Å². The topological polar surface area (TPSA) is 52.7 Å². The smallest absolute Gasteiger partial charge is 0.330 e. The highest BCUT2D eigenvalue weighted by Gasteiger charge is 2.46. The van der Waals surface area contributed by atoms with Crippen LogP contribution in [0.5, 0.6) is 0 Å². The number of amides is 3. The summed E-state index contributed by atoms with van der Waals surface area (Å²) in [7, 11) is 1.52. The first-order valence-corrected chi connectivity index (χ1v) is 8.41. The summed E-state index contributed by atoms with van der Waals surface area (Å²) in [4.78, 5) is 28.2. The number of rotatable bonds is 3. The molecule has 2 aliphatic heterocycles. The van der Waals surface area contributed by atoms with Gasteiger partial charge in [0.2, 0.25) is 0 Å². The average Bonchev–Trinajstić information content (AvgIpc) is 2.94. The second-order valence-electron chi connectivity index (χ2n) is 6.58. The van der Waals surface area contributed by atoms with Crippen LogP contribution in [0.15, 0.2) is 35.5 Å². The molecule has 0 radical (unpaired) electrons. The lowest BCUT2D eigenvalue weighted by molar-refractivity contribution is -0.138. The summed E-state index contributed by atoms with van der Waals surface area (Å²) >= 11 is 0. The molecule has 1 aromatic carbocycles. The molecule has 0 saturated heterocycles. The number of nitrogens with zero attached hydrogens (tertiary/aromatic N) is 2. The number of urea groups is 1. The fourth-order valence-electron chi connectivity index (χ4n) is 3.40. The van der Waals surface area contributed by atoms with Gasteiger partial charge >= 0.3 is 12.2 Å². The van der Waals surface area contributed by atoms with Crippen molar-refractivity contribution in [1.29, 1.82) is 0 Å². The van der Waals surface area contributed by atoms with E-state index >= 15 is 0 Å². The number of nitrogens with one attached hydrogen (secondary N) is 1. The number of likely N-dealkylation sites (N-methyl/N-ethyl adjacent to an activating group) is 1. The summed E-state index contributed by atoms with van der Waals surface area (Å²) in [5.74, 6) is -0.330. The highest BCUT2D eigenvalue weighted by atomic mass is 19.4. The molecule has 0 aromatic heterocycles. The van der Waals surface area contributed by atoms with Gasteiger partial charge in [-0.15, -0.1) is 0 Å². The summed E-state index contributed by atoms with van der Waals surface area (Å²) in [6, 6.07) is 3.32. The van der Waals surface area contributed by atoms with E-state index in [1.54, 1.807) is 4.90 Å². The number of carbonyl (C=O) groups excluding carboxylic acids is 2. The number of carbonyl (C=O) groups is 2. The first-order chi connectivity index (χ1) is 12.2. The summed E-state index contributed by atoms with van der Waals surface area (Å²) in [6.07, 6.45) is -3.87. The van der Waals surface area contributed by atoms with Crippen LogP contribution in [0, 0.1) is 0 Å². The van der Waals surface area contributed by atoms with Gasteiger partial charge in [-0.05, 0) is 25.0 Å². The Morgan fingerprint density at radius 3 is 2.54 bits per heavy atom. The van der Waals surface area contributed by atoms with E-state index in [-0.39, 0.29) is 29.6 Å². The normalized spacial score (nSPS) is 21.8. The predicted octanol–water partition coefficient (Wildman–Crippen LogP) is 3.30. The van der Waals surface area contributed by atoms with Crippen molar-refractivity contribution in [2.24, 2.45) is 0 Å². The Kier molecular flexibility index (Phi) is 4.46. The molecule has 0 spiro atoms. The molecule has 26 heavy (non-hydrogen) atoms.